The number of nitro benzene ring substituents is 1. The molecule has 0 atom stereocenters. The third kappa shape index (κ3) is 4.63. The Hall–Kier alpha value is -1.43. The molecular formula is C13H17BrN2O3. The quantitative estimate of drug-likeness (QED) is 0.361. The zero-order chi connectivity index (χ0) is 14.3. The first-order valence-electron chi connectivity index (χ1n) is 6.16. The summed E-state index contributed by atoms with van der Waals surface area (Å²) in [7, 11) is 0. The van der Waals surface area contributed by atoms with Gasteiger partial charge in [0.2, 0.25) is 0 Å². The molecule has 0 unspecified atom stereocenters. The summed E-state index contributed by atoms with van der Waals surface area (Å²) >= 11 is 3.34. The highest BCUT2D eigenvalue weighted by molar-refractivity contribution is 9.09. The number of hydrogen-bond donors (Lipinski definition) is 1. The van der Waals surface area contributed by atoms with Gasteiger partial charge in [-0.2, -0.15) is 0 Å². The molecule has 5 nitrogen and oxygen atoms in total. The molecule has 0 aliphatic heterocycles. The number of benzene rings is 1. The van der Waals surface area contributed by atoms with Crippen molar-refractivity contribution in [3.05, 3.63) is 39.4 Å². The van der Waals surface area contributed by atoms with Crippen LogP contribution in [0.1, 0.15) is 35.2 Å². The van der Waals surface area contributed by atoms with Gasteiger partial charge in [-0.15, -0.1) is 0 Å². The van der Waals surface area contributed by atoms with Gasteiger partial charge < -0.3 is 5.32 Å². The molecule has 0 aromatic heterocycles. The highest BCUT2D eigenvalue weighted by Gasteiger charge is 2.21. The molecule has 0 radical (unpaired) electrons. The van der Waals surface area contributed by atoms with Crippen molar-refractivity contribution in [2.45, 2.75) is 26.2 Å². The topological polar surface area (TPSA) is 72.2 Å². The van der Waals surface area contributed by atoms with Gasteiger partial charge in [0.05, 0.1) is 4.92 Å². The van der Waals surface area contributed by atoms with E-state index in [9.17, 15) is 14.9 Å². The number of aryl methyl sites for hydroxylation is 1. The molecule has 6 heteroatoms. The zero-order valence-electron chi connectivity index (χ0n) is 10.8. The van der Waals surface area contributed by atoms with E-state index < -0.39 is 4.92 Å². The smallest absolute Gasteiger partial charge is 0.282 e. The lowest BCUT2D eigenvalue weighted by Crippen LogP contribution is -2.26. The monoisotopic (exact) mass is 328 g/mol. The lowest BCUT2D eigenvalue weighted by atomic mass is 10.1. The predicted molar refractivity (Wildman–Crippen MR) is 77.8 cm³/mol. The first kappa shape index (κ1) is 15.6. The second-order valence-corrected chi connectivity index (χ2v) is 5.02. The van der Waals surface area contributed by atoms with Crippen LogP contribution in [0, 0.1) is 17.0 Å². The maximum Gasteiger partial charge on any atom is 0.282 e. The van der Waals surface area contributed by atoms with Crippen LogP contribution in [0.3, 0.4) is 0 Å². The van der Waals surface area contributed by atoms with Crippen molar-refractivity contribution in [1.82, 2.24) is 5.32 Å². The van der Waals surface area contributed by atoms with Gasteiger partial charge in [0.25, 0.3) is 11.6 Å². The minimum atomic E-state index is -0.521. The van der Waals surface area contributed by atoms with E-state index in [1.807, 2.05) is 0 Å². The maximum absolute atomic E-state index is 12.0. The molecule has 0 saturated heterocycles. The van der Waals surface area contributed by atoms with Gasteiger partial charge in [-0.25, -0.2) is 0 Å². The molecule has 1 N–H and O–H groups in total. The summed E-state index contributed by atoms with van der Waals surface area (Å²) in [5.74, 6) is -0.372. The van der Waals surface area contributed by atoms with Gasteiger partial charge in [0, 0.05) is 17.9 Å². The number of rotatable bonds is 7. The van der Waals surface area contributed by atoms with E-state index in [4.69, 9.17) is 0 Å². The SMILES string of the molecule is Cc1cccc([N+](=O)[O-])c1C(=O)NCCCCCBr. The number of carbonyl (C=O) groups excluding carboxylic acids is 1. The molecule has 1 amide bonds. The minimum Gasteiger partial charge on any atom is -0.352 e. The molecule has 0 fully saturated rings. The number of alkyl halides is 1. The number of nitro groups is 1. The fraction of sp³-hybridized carbons (Fsp3) is 0.462. The summed E-state index contributed by atoms with van der Waals surface area (Å²) in [4.78, 5) is 22.4. The average molecular weight is 329 g/mol. The first-order valence-corrected chi connectivity index (χ1v) is 7.28. The van der Waals surface area contributed by atoms with Crippen LogP contribution in [0.15, 0.2) is 18.2 Å². The molecule has 1 rings (SSSR count). The van der Waals surface area contributed by atoms with Gasteiger partial charge in [0.1, 0.15) is 5.56 Å². The van der Waals surface area contributed by atoms with Crippen LogP contribution in [0.5, 0.6) is 0 Å². The van der Waals surface area contributed by atoms with E-state index in [0.717, 1.165) is 24.6 Å². The summed E-state index contributed by atoms with van der Waals surface area (Å²) in [5.41, 5.74) is 0.637. The molecule has 1 aromatic carbocycles. The summed E-state index contributed by atoms with van der Waals surface area (Å²) < 4.78 is 0. The molecule has 0 heterocycles. The van der Waals surface area contributed by atoms with Crippen LogP contribution in [0.2, 0.25) is 0 Å². The Morgan fingerprint density at radius 2 is 2.11 bits per heavy atom. The van der Waals surface area contributed by atoms with Crippen molar-refractivity contribution in [1.29, 1.82) is 0 Å². The lowest BCUT2D eigenvalue weighted by molar-refractivity contribution is -0.385. The van der Waals surface area contributed by atoms with Gasteiger partial charge in [-0.05, 0) is 25.3 Å². The molecular weight excluding hydrogens is 312 g/mol. The lowest BCUT2D eigenvalue weighted by Gasteiger charge is -2.08. The standard InChI is InChI=1S/C13H17BrN2O3/c1-10-6-5-7-11(16(18)19)12(10)13(17)15-9-4-2-3-8-14/h5-7H,2-4,8-9H2,1H3,(H,15,17). The minimum absolute atomic E-state index is 0.141. The van der Waals surface area contributed by atoms with Crippen LogP contribution in [0.4, 0.5) is 5.69 Å². The number of amides is 1. The molecule has 0 bridgehead atoms. The van der Waals surface area contributed by atoms with Crippen molar-refractivity contribution < 1.29 is 9.72 Å². The molecule has 0 aliphatic carbocycles. The predicted octanol–water partition coefficient (Wildman–Crippen LogP) is 3.20. The van der Waals surface area contributed by atoms with E-state index in [2.05, 4.69) is 21.2 Å². The van der Waals surface area contributed by atoms with E-state index in [-0.39, 0.29) is 17.2 Å². The van der Waals surface area contributed by atoms with Crippen molar-refractivity contribution in [3.8, 4) is 0 Å². The van der Waals surface area contributed by atoms with Gasteiger partial charge in [-0.3, -0.25) is 14.9 Å². The number of nitrogens with one attached hydrogen (secondary N) is 1. The number of hydrogen-bond acceptors (Lipinski definition) is 3. The van der Waals surface area contributed by atoms with E-state index in [0.29, 0.717) is 12.1 Å². The van der Waals surface area contributed by atoms with E-state index in [1.165, 1.54) is 6.07 Å². The van der Waals surface area contributed by atoms with Crippen LogP contribution < -0.4 is 5.32 Å². The Morgan fingerprint density at radius 3 is 2.74 bits per heavy atom. The normalized spacial score (nSPS) is 10.2. The van der Waals surface area contributed by atoms with Crippen LogP contribution in [-0.4, -0.2) is 22.7 Å². The van der Waals surface area contributed by atoms with Crippen molar-refractivity contribution in [3.63, 3.8) is 0 Å². The van der Waals surface area contributed by atoms with Crippen LogP contribution in [-0.2, 0) is 0 Å². The Kier molecular flexibility index (Phi) is 6.49. The van der Waals surface area contributed by atoms with Crippen molar-refractivity contribution >= 4 is 27.5 Å². The third-order valence-electron chi connectivity index (χ3n) is 2.77. The first-order chi connectivity index (χ1) is 9.07. The average Bonchev–Trinajstić information content (AvgIpc) is 2.37. The molecule has 0 spiro atoms. The number of halogens is 1. The van der Waals surface area contributed by atoms with Crippen molar-refractivity contribution in [2.75, 3.05) is 11.9 Å². The Bertz CT molecular complexity index is 463. The molecule has 0 aliphatic rings. The van der Waals surface area contributed by atoms with E-state index >= 15 is 0 Å². The number of nitrogens with zero attached hydrogens (tertiary/aromatic N) is 1. The van der Waals surface area contributed by atoms with Crippen molar-refractivity contribution in [2.24, 2.45) is 0 Å². The summed E-state index contributed by atoms with van der Waals surface area (Å²) in [5, 5.41) is 14.6. The Balaban J connectivity index is 2.68. The van der Waals surface area contributed by atoms with Gasteiger partial charge in [0.15, 0.2) is 0 Å². The maximum atomic E-state index is 12.0. The molecule has 19 heavy (non-hydrogen) atoms. The molecule has 104 valence electrons. The second-order valence-electron chi connectivity index (χ2n) is 4.23. The molecule has 1 aromatic rings. The highest BCUT2D eigenvalue weighted by Crippen LogP contribution is 2.21. The van der Waals surface area contributed by atoms with E-state index in [1.54, 1.807) is 19.1 Å². The van der Waals surface area contributed by atoms with Gasteiger partial charge in [-0.1, -0.05) is 34.5 Å². The highest BCUT2D eigenvalue weighted by atomic mass is 79.9. The number of unbranched alkanes of at least 4 members (excludes halogenated alkanes) is 2. The Morgan fingerprint density at radius 1 is 1.37 bits per heavy atom. The summed E-state index contributed by atoms with van der Waals surface area (Å²) in [6.45, 7) is 2.24. The largest absolute Gasteiger partial charge is 0.352 e. The molecule has 0 saturated carbocycles. The Labute approximate surface area is 120 Å². The van der Waals surface area contributed by atoms with Gasteiger partial charge >= 0.3 is 0 Å². The summed E-state index contributed by atoms with van der Waals surface area (Å²) in [6.07, 6.45) is 2.94. The summed E-state index contributed by atoms with van der Waals surface area (Å²) in [6, 6.07) is 4.64. The zero-order valence-corrected chi connectivity index (χ0v) is 12.4. The van der Waals surface area contributed by atoms with Crippen LogP contribution >= 0.6 is 15.9 Å². The third-order valence-corrected chi connectivity index (χ3v) is 3.33. The fourth-order valence-electron chi connectivity index (χ4n) is 1.79. The second kappa shape index (κ2) is 7.89. The fourth-order valence-corrected chi connectivity index (χ4v) is 2.18. The number of carbonyl (C=O) groups is 1. The van der Waals surface area contributed by atoms with Crippen LogP contribution in [0.25, 0.3) is 0 Å².